The van der Waals surface area contributed by atoms with Crippen LogP contribution in [0.15, 0.2) is 23.0 Å². The second kappa shape index (κ2) is 4.62. The zero-order valence-electron chi connectivity index (χ0n) is 10.3. The molecule has 0 radical (unpaired) electrons. The Morgan fingerprint density at radius 3 is 2.56 bits per heavy atom. The fraction of sp³-hybridized carbons (Fsp3) is 0.714. The zero-order valence-corrected chi connectivity index (χ0v) is 10.3. The molecule has 1 atom stereocenters. The summed E-state index contributed by atoms with van der Waals surface area (Å²) in [5.41, 5.74) is 0.207. The van der Waals surface area contributed by atoms with Crippen molar-refractivity contribution in [3.63, 3.8) is 0 Å². The van der Waals surface area contributed by atoms with Gasteiger partial charge >= 0.3 is 0 Å². The molecule has 0 aromatic carbocycles. The van der Waals surface area contributed by atoms with Gasteiger partial charge in [0.05, 0.1) is 18.1 Å². The third-order valence-electron chi connectivity index (χ3n) is 4.32. The van der Waals surface area contributed by atoms with Gasteiger partial charge in [-0.1, -0.05) is 26.2 Å². The summed E-state index contributed by atoms with van der Waals surface area (Å²) >= 11 is 0. The average Bonchev–Trinajstić information content (AvgIpc) is 2.83. The molecule has 1 saturated carbocycles. The highest BCUT2D eigenvalue weighted by molar-refractivity contribution is 5.16. The quantitative estimate of drug-likeness (QED) is 0.845. The molecule has 1 N–H and O–H groups in total. The lowest BCUT2D eigenvalue weighted by Crippen LogP contribution is -2.34. The summed E-state index contributed by atoms with van der Waals surface area (Å²) in [5, 5.41) is 10.6. The summed E-state index contributed by atoms with van der Waals surface area (Å²) in [6.07, 6.45) is 9.38. The molecule has 0 spiro atoms. The highest BCUT2D eigenvalue weighted by Crippen LogP contribution is 2.41. The van der Waals surface area contributed by atoms with Crippen molar-refractivity contribution in [1.29, 1.82) is 0 Å². The van der Waals surface area contributed by atoms with Crippen molar-refractivity contribution in [2.24, 2.45) is 11.8 Å². The number of rotatable bonds is 3. The van der Waals surface area contributed by atoms with E-state index in [0.29, 0.717) is 5.92 Å². The molecule has 0 amide bonds. The van der Waals surface area contributed by atoms with Crippen molar-refractivity contribution in [1.82, 2.24) is 0 Å². The van der Waals surface area contributed by atoms with Gasteiger partial charge in [0, 0.05) is 5.56 Å². The smallest absolute Gasteiger partial charge is 0.0963 e. The van der Waals surface area contributed by atoms with Crippen LogP contribution in [0, 0.1) is 11.8 Å². The van der Waals surface area contributed by atoms with E-state index < -0.39 is 5.60 Å². The van der Waals surface area contributed by atoms with Crippen molar-refractivity contribution in [3.05, 3.63) is 24.2 Å². The third kappa shape index (κ3) is 2.17. The molecule has 2 heteroatoms. The summed E-state index contributed by atoms with van der Waals surface area (Å²) in [4.78, 5) is 0. The lowest BCUT2D eigenvalue weighted by molar-refractivity contribution is -0.0280. The standard InChI is InChI=1S/C14H22O2/c1-3-11-4-6-12(7-5-11)14(2,15)13-8-9-16-10-13/h8-12,15H,3-7H2,1-2H3. The first-order chi connectivity index (χ1) is 7.64. The van der Waals surface area contributed by atoms with Crippen molar-refractivity contribution < 1.29 is 9.52 Å². The van der Waals surface area contributed by atoms with Crippen molar-refractivity contribution >= 4 is 0 Å². The van der Waals surface area contributed by atoms with Crippen LogP contribution in [0.3, 0.4) is 0 Å². The Hall–Kier alpha value is -0.760. The number of aliphatic hydroxyl groups is 1. The van der Waals surface area contributed by atoms with Crippen LogP contribution in [-0.4, -0.2) is 5.11 Å². The second-order valence-electron chi connectivity index (χ2n) is 5.29. The molecule has 0 bridgehead atoms. The number of hydrogen-bond acceptors (Lipinski definition) is 2. The molecule has 16 heavy (non-hydrogen) atoms. The Bertz CT molecular complexity index is 305. The van der Waals surface area contributed by atoms with E-state index in [4.69, 9.17) is 4.42 Å². The molecule has 0 aliphatic heterocycles. The monoisotopic (exact) mass is 222 g/mol. The van der Waals surface area contributed by atoms with E-state index in [1.807, 2.05) is 13.0 Å². The minimum absolute atomic E-state index is 0.382. The molecule has 1 fully saturated rings. The van der Waals surface area contributed by atoms with E-state index in [2.05, 4.69) is 6.92 Å². The maximum atomic E-state index is 10.6. The predicted octanol–water partition coefficient (Wildman–Crippen LogP) is 3.70. The lowest BCUT2D eigenvalue weighted by Gasteiger charge is -2.37. The highest BCUT2D eigenvalue weighted by atomic mass is 16.3. The second-order valence-corrected chi connectivity index (χ2v) is 5.29. The molecule has 90 valence electrons. The molecule has 1 aliphatic rings. The molecule has 1 aromatic heterocycles. The van der Waals surface area contributed by atoms with Crippen LogP contribution in [0.5, 0.6) is 0 Å². The fourth-order valence-corrected chi connectivity index (χ4v) is 2.92. The van der Waals surface area contributed by atoms with Crippen LogP contribution < -0.4 is 0 Å². The van der Waals surface area contributed by atoms with Gasteiger partial charge in [0.2, 0.25) is 0 Å². The first-order valence-electron chi connectivity index (χ1n) is 6.39. The summed E-state index contributed by atoms with van der Waals surface area (Å²) in [6.45, 7) is 4.19. The first kappa shape index (κ1) is 11.7. The highest BCUT2D eigenvalue weighted by Gasteiger charge is 2.36. The maximum Gasteiger partial charge on any atom is 0.0963 e. The molecule has 1 heterocycles. The summed E-state index contributed by atoms with van der Waals surface area (Å²) in [5.74, 6) is 1.25. The van der Waals surface area contributed by atoms with Gasteiger partial charge in [-0.15, -0.1) is 0 Å². The number of furan rings is 1. The SMILES string of the molecule is CCC1CCC(C(C)(O)c2ccoc2)CC1. The topological polar surface area (TPSA) is 33.4 Å². The predicted molar refractivity (Wildman–Crippen MR) is 64.0 cm³/mol. The summed E-state index contributed by atoms with van der Waals surface area (Å²) in [7, 11) is 0. The van der Waals surface area contributed by atoms with Crippen LogP contribution in [0.2, 0.25) is 0 Å². The van der Waals surface area contributed by atoms with Gasteiger partial charge in [-0.05, 0) is 37.7 Å². The Morgan fingerprint density at radius 1 is 1.38 bits per heavy atom. The number of hydrogen-bond donors (Lipinski definition) is 1. The van der Waals surface area contributed by atoms with Crippen molar-refractivity contribution in [3.8, 4) is 0 Å². The van der Waals surface area contributed by atoms with Crippen molar-refractivity contribution in [2.45, 2.75) is 51.6 Å². The van der Waals surface area contributed by atoms with E-state index in [-0.39, 0.29) is 0 Å². The van der Waals surface area contributed by atoms with Crippen LogP contribution >= 0.6 is 0 Å². The normalized spacial score (nSPS) is 29.9. The van der Waals surface area contributed by atoms with Crippen molar-refractivity contribution in [2.75, 3.05) is 0 Å². The van der Waals surface area contributed by atoms with E-state index in [1.54, 1.807) is 12.5 Å². The first-order valence-corrected chi connectivity index (χ1v) is 6.39. The van der Waals surface area contributed by atoms with Gasteiger partial charge in [-0.2, -0.15) is 0 Å². The van der Waals surface area contributed by atoms with E-state index in [1.165, 1.54) is 19.3 Å². The molecule has 0 saturated heterocycles. The minimum atomic E-state index is -0.717. The van der Waals surface area contributed by atoms with Crippen LogP contribution in [0.1, 0.15) is 51.5 Å². The van der Waals surface area contributed by atoms with Gasteiger partial charge in [0.1, 0.15) is 0 Å². The van der Waals surface area contributed by atoms with Crippen LogP contribution in [0.25, 0.3) is 0 Å². The third-order valence-corrected chi connectivity index (χ3v) is 4.32. The molecule has 2 rings (SSSR count). The van der Waals surface area contributed by atoms with E-state index in [0.717, 1.165) is 24.3 Å². The molecule has 1 aromatic rings. The lowest BCUT2D eigenvalue weighted by atomic mass is 9.71. The molecular weight excluding hydrogens is 200 g/mol. The Morgan fingerprint density at radius 2 is 2.06 bits per heavy atom. The van der Waals surface area contributed by atoms with Crippen LogP contribution in [0.4, 0.5) is 0 Å². The fourth-order valence-electron chi connectivity index (χ4n) is 2.92. The largest absolute Gasteiger partial charge is 0.472 e. The Labute approximate surface area is 97.7 Å². The molecular formula is C14H22O2. The molecule has 2 nitrogen and oxygen atoms in total. The van der Waals surface area contributed by atoms with E-state index in [9.17, 15) is 5.11 Å². The molecule has 1 unspecified atom stereocenters. The van der Waals surface area contributed by atoms with Gasteiger partial charge in [-0.25, -0.2) is 0 Å². The minimum Gasteiger partial charge on any atom is -0.472 e. The summed E-state index contributed by atoms with van der Waals surface area (Å²) in [6, 6.07) is 1.88. The van der Waals surface area contributed by atoms with E-state index >= 15 is 0 Å². The summed E-state index contributed by atoms with van der Waals surface area (Å²) < 4.78 is 5.07. The zero-order chi connectivity index (χ0) is 11.6. The van der Waals surface area contributed by atoms with Crippen LogP contribution in [-0.2, 0) is 5.60 Å². The molecule has 1 aliphatic carbocycles. The van der Waals surface area contributed by atoms with Gasteiger partial charge < -0.3 is 9.52 Å². The average molecular weight is 222 g/mol. The van der Waals surface area contributed by atoms with Gasteiger partial charge in [0.15, 0.2) is 0 Å². The van der Waals surface area contributed by atoms with Gasteiger partial charge in [-0.3, -0.25) is 0 Å². The maximum absolute atomic E-state index is 10.6. The Balaban J connectivity index is 2.03. The van der Waals surface area contributed by atoms with Gasteiger partial charge in [0.25, 0.3) is 0 Å². The Kier molecular flexibility index (Phi) is 3.38.